The first-order chi connectivity index (χ1) is 7.58. The molecule has 0 amide bonds. The fourth-order valence-corrected chi connectivity index (χ4v) is 2.35. The van der Waals surface area contributed by atoms with Crippen molar-refractivity contribution in [3.8, 4) is 0 Å². The predicted octanol–water partition coefficient (Wildman–Crippen LogP) is 3.22. The number of hydrogen-bond acceptors (Lipinski definition) is 2. The van der Waals surface area contributed by atoms with E-state index in [1.54, 1.807) is 6.07 Å². The van der Waals surface area contributed by atoms with Gasteiger partial charge in [0.05, 0.1) is 17.4 Å². The topological polar surface area (TPSA) is 38.9 Å². The summed E-state index contributed by atoms with van der Waals surface area (Å²) in [5.74, 6) is 0.0715. The Morgan fingerprint density at radius 2 is 1.94 bits per heavy atom. The molecule has 2 N–H and O–H groups in total. The molecule has 3 heteroatoms. The summed E-state index contributed by atoms with van der Waals surface area (Å²) in [5.41, 5.74) is 6.81. The highest BCUT2D eigenvalue weighted by molar-refractivity contribution is 5.17. The predicted molar refractivity (Wildman–Crippen MR) is 64.4 cm³/mol. The van der Waals surface area contributed by atoms with E-state index in [1.165, 1.54) is 12.3 Å². The van der Waals surface area contributed by atoms with E-state index < -0.39 is 5.54 Å². The molecule has 0 aliphatic carbocycles. The van der Waals surface area contributed by atoms with Crippen molar-refractivity contribution in [3.63, 3.8) is 0 Å². The van der Waals surface area contributed by atoms with Gasteiger partial charge in [0.25, 0.3) is 0 Å². The molecule has 0 aromatic carbocycles. The summed E-state index contributed by atoms with van der Waals surface area (Å²) in [5, 5.41) is 0. The third-order valence-corrected chi connectivity index (χ3v) is 3.50. The Labute approximate surface area is 97.1 Å². The van der Waals surface area contributed by atoms with Gasteiger partial charge in [0.1, 0.15) is 5.82 Å². The van der Waals surface area contributed by atoms with E-state index in [2.05, 4.69) is 25.8 Å². The zero-order chi connectivity index (χ0) is 12.2. The van der Waals surface area contributed by atoms with Crippen molar-refractivity contribution in [1.29, 1.82) is 0 Å². The van der Waals surface area contributed by atoms with E-state index in [0.717, 1.165) is 25.0 Å². The van der Waals surface area contributed by atoms with Crippen molar-refractivity contribution in [2.45, 2.75) is 45.6 Å². The van der Waals surface area contributed by atoms with E-state index in [9.17, 15) is 4.39 Å². The van der Waals surface area contributed by atoms with Crippen LogP contribution in [0.15, 0.2) is 18.3 Å². The molecule has 1 heterocycles. The van der Waals surface area contributed by atoms with E-state index >= 15 is 0 Å². The van der Waals surface area contributed by atoms with Crippen LogP contribution in [-0.4, -0.2) is 4.98 Å². The van der Waals surface area contributed by atoms with Gasteiger partial charge in [0.15, 0.2) is 0 Å². The third-order valence-electron chi connectivity index (χ3n) is 3.50. The molecule has 0 saturated carbocycles. The Morgan fingerprint density at radius 3 is 2.31 bits per heavy atom. The lowest BCUT2D eigenvalue weighted by Crippen LogP contribution is -2.44. The number of hydrogen-bond donors (Lipinski definition) is 1. The highest BCUT2D eigenvalue weighted by Crippen LogP contribution is 2.33. The largest absolute Gasteiger partial charge is 0.320 e. The average Bonchev–Trinajstić information content (AvgIpc) is 2.31. The van der Waals surface area contributed by atoms with Crippen molar-refractivity contribution in [3.05, 3.63) is 29.8 Å². The minimum atomic E-state index is -0.433. The van der Waals surface area contributed by atoms with Crippen molar-refractivity contribution in [2.75, 3.05) is 0 Å². The smallest absolute Gasteiger partial charge is 0.141 e. The molecule has 0 aliphatic rings. The van der Waals surface area contributed by atoms with Crippen LogP contribution in [0.2, 0.25) is 0 Å². The summed E-state index contributed by atoms with van der Waals surface area (Å²) >= 11 is 0. The molecule has 0 bridgehead atoms. The van der Waals surface area contributed by atoms with Gasteiger partial charge in [-0.3, -0.25) is 4.98 Å². The standard InChI is InChI=1S/C13H21FN2/c1-4-10(5-2)13(15,6-3)12-8-7-11(14)9-16-12/h7-10H,4-6,15H2,1-3H3. The summed E-state index contributed by atoms with van der Waals surface area (Å²) < 4.78 is 12.8. The molecular formula is C13H21FN2. The van der Waals surface area contributed by atoms with Crippen LogP contribution >= 0.6 is 0 Å². The van der Waals surface area contributed by atoms with Gasteiger partial charge in [-0.15, -0.1) is 0 Å². The Bertz CT molecular complexity index is 319. The van der Waals surface area contributed by atoms with Gasteiger partial charge < -0.3 is 5.73 Å². The molecule has 1 aromatic rings. The van der Waals surface area contributed by atoms with Gasteiger partial charge in [-0.25, -0.2) is 4.39 Å². The van der Waals surface area contributed by atoms with Gasteiger partial charge >= 0.3 is 0 Å². The fourth-order valence-electron chi connectivity index (χ4n) is 2.35. The number of rotatable bonds is 5. The number of halogens is 1. The van der Waals surface area contributed by atoms with E-state index in [4.69, 9.17) is 5.73 Å². The summed E-state index contributed by atoms with van der Waals surface area (Å²) in [6, 6.07) is 3.14. The lowest BCUT2D eigenvalue weighted by Gasteiger charge is -2.35. The molecule has 1 rings (SSSR count). The highest BCUT2D eigenvalue weighted by Gasteiger charge is 2.33. The van der Waals surface area contributed by atoms with Gasteiger partial charge in [-0.05, 0) is 24.5 Å². The maximum Gasteiger partial charge on any atom is 0.141 e. The van der Waals surface area contributed by atoms with Crippen LogP contribution in [0.5, 0.6) is 0 Å². The van der Waals surface area contributed by atoms with Crippen molar-refractivity contribution in [1.82, 2.24) is 4.98 Å². The molecule has 1 aromatic heterocycles. The first-order valence-corrected chi connectivity index (χ1v) is 5.99. The van der Waals surface area contributed by atoms with E-state index in [0.29, 0.717) is 5.92 Å². The van der Waals surface area contributed by atoms with E-state index in [-0.39, 0.29) is 5.82 Å². The molecule has 16 heavy (non-hydrogen) atoms. The van der Waals surface area contributed by atoms with Crippen LogP contribution in [0, 0.1) is 11.7 Å². The van der Waals surface area contributed by atoms with Crippen molar-refractivity contribution in [2.24, 2.45) is 11.7 Å². The maximum absolute atomic E-state index is 12.8. The molecule has 90 valence electrons. The fraction of sp³-hybridized carbons (Fsp3) is 0.615. The molecule has 0 saturated heterocycles. The van der Waals surface area contributed by atoms with Crippen LogP contribution in [0.1, 0.15) is 45.7 Å². The average molecular weight is 224 g/mol. The lowest BCUT2D eigenvalue weighted by molar-refractivity contribution is 0.241. The normalized spacial score (nSPS) is 15.1. The van der Waals surface area contributed by atoms with Gasteiger partial charge in [0, 0.05) is 0 Å². The van der Waals surface area contributed by atoms with Crippen molar-refractivity contribution < 1.29 is 4.39 Å². The van der Waals surface area contributed by atoms with Gasteiger partial charge in [-0.1, -0.05) is 33.6 Å². The monoisotopic (exact) mass is 224 g/mol. The Balaban J connectivity index is 3.08. The third kappa shape index (κ3) is 2.40. The zero-order valence-electron chi connectivity index (χ0n) is 10.3. The van der Waals surface area contributed by atoms with Crippen molar-refractivity contribution >= 4 is 0 Å². The van der Waals surface area contributed by atoms with Crippen LogP contribution in [0.4, 0.5) is 4.39 Å². The van der Waals surface area contributed by atoms with Crippen LogP contribution in [-0.2, 0) is 5.54 Å². The lowest BCUT2D eigenvalue weighted by atomic mass is 9.76. The maximum atomic E-state index is 12.8. The molecule has 2 nitrogen and oxygen atoms in total. The Kier molecular flexibility index (Phi) is 4.42. The SMILES string of the molecule is CCC(CC)C(N)(CC)c1ccc(F)cn1. The molecule has 0 aliphatic heterocycles. The second-order valence-electron chi connectivity index (χ2n) is 4.27. The minimum Gasteiger partial charge on any atom is -0.320 e. The quantitative estimate of drug-likeness (QED) is 0.834. The number of nitrogens with two attached hydrogens (primary N) is 1. The van der Waals surface area contributed by atoms with E-state index in [1.807, 2.05) is 0 Å². The molecule has 0 spiro atoms. The molecule has 1 unspecified atom stereocenters. The first kappa shape index (κ1) is 13.1. The number of aromatic nitrogens is 1. The summed E-state index contributed by atoms with van der Waals surface area (Å²) in [6.45, 7) is 6.33. The van der Waals surface area contributed by atoms with Crippen LogP contribution < -0.4 is 5.73 Å². The summed E-state index contributed by atoms with van der Waals surface area (Å²) in [7, 11) is 0. The Morgan fingerprint density at radius 1 is 1.31 bits per heavy atom. The summed E-state index contributed by atoms with van der Waals surface area (Å²) in [6.07, 6.45) is 4.09. The molecular weight excluding hydrogens is 203 g/mol. The summed E-state index contributed by atoms with van der Waals surface area (Å²) in [4.78, 5) is 4.14. The highest BCUT2D eigenvalue weighted by atomic mass is 19.1. The first-order valence-electron chi connectivity index (χ1n) is 5.99. The zero-order valence-corrected chi connectivity index (χ0v) is 10.3. The second kappa shape index (κ2) is 5.39. The van der Waals surface area contributed by atoms with Crippen LogP contribution in [0.3, 0.4) is 0 Å². The molecule has 0 fully saturated rings. The van der Waals surface area contributed by atoms with Gasteiger partial charge in [0.2, 0.25) is 0 Å². The molecule has 0 radical (unpaired) electrons. The number of pyridine rings is 1. The number of nitrogens with zero attached hydrogens (tertiary/aromatic N) is 1. The molecule has 1 atom stereocenters. The minimum absolute atomic E-state index is 0.313. The van der Waals surface area contributed by atoms with Crippen LogP contribution in [0.25, 0.3) is 0 Å². The second-order valence-corrected chi connectivity index (χ2v) is 4.27. The van der Waals surface area contributed by atoms with Gasteiger partial charge in [-0.2, -0.15) is 0 Å². The Hall–Kier alpha value is -0.960.